The molecule has 9 heteroatoms. The second kappa shape index (κ2) is 5.70. The van der Waals surface area contributed by atoms with Gasteiger partial charge in [0.2, 0.25) is 0 Å². The Morgan fingerprint density at radius 3 is 1.96 bits per heavy atom. The summed E-state index contributed by atoms with van der Waals surface area (Å²) in [7, 11) is 2.33. The zero-order valence-corrected chi connectivity index (χ0v) is 14.8. The van der Waals surface area contributed by atoms with Gasteiger partial charge in [-0.3, -0.25) is 24.2 Å². The lowest BCUT2D eigenvalue weighted by atomic mass is 9.98. The van der Waals surface area contributed by atoms with E-state index < -0.39 is 41.0 Å². The number of carbonyl (C=O) groups is 4. The Kier molecular flexibility index (Phi) is 3.63. The van der Waals surface area contributed by atoms with Crippen LogP contribution in [-0.4, -0.2) is 52.8 Å². The van der Waals surface area contributed by atoms with Crippen molar-refractivity contribution in [3.8, 4) is 0 Å². The third-order valence-electron chi connectivity index (χ3n) is 5.04. The first kappa shape index (κ1) is 17.8. The summed E-state index contributed by atoms with van der Waals surface area (Å²) >= 11 is 0. The van der Waals surface area contributed by atoms with E-state index in [1.165, 1.54) is 38.4 Å². The van der Waals surface area contributed by atoms with E-state index in [4.69, 9.17) is 0 Å². The van der Waals surface area contributed by atoms with Gasteiger partial charge in [0.25, 0.3) is 23.4 Å². The molecule has 2 aliphatic heterocycles. The lowest BCUT2D eigenvalue weighted by molar-refractivity contribution is -0.152. The van der Waals surface area contributed by atoms with E-state index in [9.17, 15) is 28.7 Å². The van der Waals surface area contributed by atoms with Crippen LogP contribution in [0.1, 0.15) is 26.3 Å². The molecule has 28 heavy (non-hydrogen) atoms. The van der Waals surface area contributed by atoms with Crippen LogP contribution < -0.4 is 4.90 Å². The molecule has 0 spiro atoms. The van der Waals surface area contributed by atoms with Crippen molar-refractivity contribution < 1.29 is 28.7 Å². The first-order valence-corrected chi connectivity index (χ1v) is 8.26. The first-order chi connectivity index (χ1) is 13.2. The second-order valence-corrected chi connectivity index (χ2v) is 6.51. The molecule has 5 amide bonds. The number of nitrogens with zero attached hydrogens (tertiary/aromatic N) is 3. The van der Waals surface area contributed by atoms with Crippen molar-refractivity contribution in [3.63, 3.8) is 0 Å². The van der Waals surface area contributed by atoms with Crippen LogP contribution in [0.3, 0.4) is 0 Å². The summed E-state index contributed by atoms with van der Waals surface area (Å²) in [6, 6.07) is 8.57. The molecule has 0 aromatic heterocycles. The summed E-state index contributed by atoms with van der Waals surface area (Å²) in [6.07, 6.45) is 0. The zero-order valence-electron chi connectivity index (χ0n) is 14.8. The minimum Gasteiger partial charge on any atom is -0.359 e. The minimum atomic E-state index is -2.57. The van der Waals surface area contributed by atoms with Gasteiger partial charge in [-0.2, -0.15) is 0 Å². The van der Waals surface area contributed by atoms with E-state index in [1.54, 1.807) is 12.1 Å². The summed E-state index contributed by atoms with van der Waals surface area (Å²) in [4.78, 5) is 52.4. The number of hydrogen-bond donors (Lipinski definition) is 1. The molecule has 1 N–H and O–H groups in total. The van der Waals surface area contributed by atoms with Crippen molar-refractivity contribution in [2.24, 2.45) is 0 Å². The van der Waals surface area contributed by atoms with Crippen molar-refractivity contribution in [1.29, 1.82) is 0 Å². The molecular weight excluding hydrogens is 369 g/mol. The summed E-state index contributed by atoms with van der Waals surface area (Å²) in [6.45, 7) is 0. The Morgan fingerprint density at radius 1 is 0.893 bits per heavy atom. The number of hydrogen-bond acceptors (Lipinski definition) is 5. The number of para-hydroxylation sites is 1. The monoisotopic (exact) mass is 383 g/mol. The molecule has 2 aromatic rings. The number of fused-ring (bicyclic) bond motifs is 1. The molecule has 2 heterocycles. The van der Waals surface area contributed by atoms with Crippen molar-refractivity contribution in [1.82, 2.24) is 9.80 Å². The molecule has 1 unspecified atom stereocenters. The second-order valence-electron chi connectivity index (χ2n) is 6.51. The van der Waals surface area contributed by atoms with Gasteiger partial charge in [0.05, 0.1) is 16.8 Å². The number of urea groups is 1. The number of benzene rings is 2. The third-order valence-corrected chi connectivity index (χ3v) is 5.04. The van der Waals surface area contributed by atoms with Crippen LogP contribution in [0.5, 0.6) is 0 Å². The molecule has 0 aliphatic carbocycles. The summed E-state index contributed by atoms with van der Waals surface area (Å²) in [5.41, 5.74) is -3.37. The van der Waals surface area contributed by atoms with Gasteiger partial charge < -0.3 is 5.11 Å². The summed E-state index contributed by atoms with van der Waals surface area (Å²) < 4.78 is 14.9. The zero-order chi connectivity index (χ0) is 20.4. The number of likely N-dealkylation sites (N-methyl/N-ethyl adjacent to an activating group) is 2. The summed E-state index contributed by atoms with van der Waals surface area (Å²) in [5.74, 6) is -3.60. The number of anilines is 1. The number of halogens is 1. The Bertz CT molecular complexity index is 1050. The molecule has 4 rings (SSSR count). The van der Waals surface area contributed by atoms with Gasteiger partial charge in [-0.1, -0.05) is 24.3 Å². The minimum absolute atomic E-state index is 0.0768. The van der Waals surface area contributed by atoms with Gasteiger partial charge >= 0.3 is 6.03 Å². The molecule has 0 bridgehead atoms. The fourth-order valence-electron chi connectivity index (χ4n) is 3.54. The predicted molar refractivity (Wildman–Crippen MR) is 93.8 cm³/mol. The van der Waals surface area contributed by atoms with Crippen LogP contribution in [0.2, 0.25) is 0 Å². The van der Waals surface area contributed by atoms with Gasteiger partial charge in [-0.15, -0.1) is 0 Å². The highest BCUT2D eigenvalue weighted by atomic mass is 19.1. The molecule has 142 valence electrons. The van der Waals surface area contributed by atoms with E-state index in [0.717, 1.165) is 11.0 Å². The number of carbonyl (C=O) groups excluding carboxylic acids is 4. The number of imide groups is 2. The molecule has 2 aliphatic rings. The Labute approximate surface area is 158 Å². The van der Waals surface area contributed by atoms with Crippen molar-refractivity contribution >= 4 is 29.4 Å². The van der Waals surface area contributed by atoms with Gasteiger partial charge in [-0.05, 0) is 18.2 Å². The predicted octanol–water partition coefficient (Wildman–Crippen LogP) is 1.30. The molecule has 1 atom stereocenters. The van der Waals surface area contributed by atoms with E-state index in [2.05, 4.69) is 0 Å². The highest BCUT2D eigenvalue weighted by Crippen LogP contribution is 2.42. The molecule has 0 saturated carbocycles. The van der Waals surface area contributed by atoms with Gasteiger partial charge in [0, 0.05) is 19.7 Å². The standard InChI is InChI=1S/C19H14FN3O5/c1-21-17(26)19(28,22(2)18(21)27)12-8-5-9-13(20)14(12)23-15(24)10-6-3-4-7-11(10)16(23)25/h3-9,28H,1-2H3. The lowest BCUT2D eigenvalue weighted by Gasteiger charge is -2.30. The normalized spacial score (nSPS) is 21.8. The van der Waals surface area contributed by atoms with E-state index in [0.29, 0.717) is 9.80 Å². The maximum Gasteiger partial charge on any atom is 0.329 e. The Balaban J connectivity index is 1.95. The van der Waals surface area contributed by atoms with Crippen LogP contribution in [0.25, 0.3) is 0 Å². The van der Waals surface area contributed by atoms with E-state index in [-0.39, 0.29) is 16.7 Å². The maximum atomic E-state index is 14.9. The Morgan fingerprint density at radius 2 is 1.46 bits per heavy atom. The highest BCUT2D eigenvalue weighted by Gasteiger charge is 2.57. The van der Waals surface area contributed by atoms with Gasteiger partial charge in [0.15, 0.2) is 0 Å². The third kappa shape index (κ3) is 2.01. The van der Waals surface area contributed by atoms with Crippen LogP contribution in [0.4, 0.5) is 14.9 Å². The first-order valence-electron chi connectivity index (χ1n) is 8.26. The van der Waals surface area contributed by atoms with Crippen LogP contribution in [0.15, 0.2) is 42.5 Å². The van der Waals surface area contributed by atoms with Crippen LogP contribution in [0, 0.1) is 5.82 Å². The van der Waals surface area contributed by atoms with Crippen LogP contribution in [-0.2, 0) is 10.5 Å². The molecule has 1 saturated heterocycles. The largest absolute Gasteiger partial charge is 0.359 e. The molecule has 0 radical (unpaired) electrons. The fourth-order valence-corrected chi connectivity index (χ4v) is 3.54. The van der Waals surface area contributed by atoms with Crippen molar-refractivity contribution in [2.75, 3.05) is 19.0 Å². The highest BCUT2D eigenvalue weighted by molar-refractivity contribution is 6.34. The lowest BCUT2D eigenvalue weighted by Crippen LogP contribution is -2.46. The molecular formula is C19H14FN3O5. The fraction of sp³-hybridized carbons (Fsp3) is 0.158. The Hall–Kier alpha value is -3.59. The number of rotatable bonds is 2. The van der Waals surface area contributed by atoms with Gasteiger partial charge in [0.1, 0.15) is 5.82 Å². The van der Waals surface area contributed by atoms with Gasteiger partial charge in [-0.25, -0.2) is 14.1 Å². The number of aliphatic hydroxyl groups is 1. The topological polar surface area (TPSA) is 98.2 Å². The molecule has 1 fully saturated rings. The maximum absolute atomic E-state index is 14.9. The summed E-state index contributed by atoms with van der Waals surface area (Å²) in [5, 5.41) is 11.1. The van der Waals surface area contributed by atoms with E-state index >= 15 is 0 Å². The van der Waals surface area contributed by atoms with E-state index in [1.807, 2.05) is 0 Å². The number of amides is 5. The molecule has 8 nitrogen and oxygen atoms in total. The van der Waals surface area contributed by atoms with Crippen molar-refractivity contribution in [2.45, 2.75) is 5.72 Å². The quantitative estimate of drug-likeness (QED) is 0.623. The molecule has 2 aromatic carbocycles. The van der Waals surface area contributed by atoms with Crippen LogP contribution >= 0.6 is 0 Å². The average molecular weight is 383 g/mol. The SMILES string of the molecule is CN1C(=O)N(C)C(O)(c2cccc(F)c2N2C(=O)c3ccccc3C2=O)C1=O. The average Bonchev–Trinajstić information content (AvgIpc) is 3.02. The van der Waals surface area contributed by atoms with Crippen molar-refractivity contribution in [3.05, 3.63) is 65.0 Å². The smallest absolute Gasteiger partial charge is 0.329 e.